The highest BCUT2D eigenvalue weighted by Gasteiger charge is 2.23. The molecule has 6 heteroatoms. The lowest BCUT2D eigenvalue weighted by Gasteiger charge is -2.24. The number of nitrogens with zero attached hydrogens (tertiary/aromatic N) is 2. The summed E-state index contributed by atoms with van der Waals surface area (Å²) in [6, 6.07) is 3.59. The third-order valence-electron chi connectivity index (χ3n) is 4.04. The van der Waals surface area contributed by atoms with Crippen LogP contribution in [-0.2, 0) is 11.8 Å². The highest BCUT2D eigenvalue weighted by molar-refractivity contribution is 5.99. The van der Waals surface area contributed by atoms with Gasteiger partial charge in [-0.25, -0.2) is 0 Å². The lowest BCUT2D eigenvalue weighted by Crippen LogP contribution is -2.38. The Bertz CT molecular complexity index is 793. The van der Waals surface area contributed by atoms with E-state index in [0.29, 0.717) is 30.8 Å². The van der Waals surface area contributed by atoms with Crippen molar-refractivity contribution in [2.45, 2.75) is 0 Å². The van der Waals surface area contributed by atoms with Crippen molar-refractivity contribution in [3.63, 3.8) is 0 Å². The number of hydrogen-bond donors (Lipinski definition) is 2. The smallest absolute Gasteiger partial charge is 0.252 e. The molecule has 2 rings (SSSR count). The van der Waals surface area contributed by atoms with E-state index in [-0.39, 0.29) is 11.8 Å². The van der Waals surface area contributed by atoms with Gasteiger partial charge >= 0.3 is 0 Å². The Labute approximate surface area is 154 Å². The summed E-state index contributed by atoms with van der Waals surface area (Å²) < 4.78 is 1.93. The Morgan fingerprint density at radius 1 is 1.23 bits per heavy atom. The molecule has 2 N–H and O–H groups in total. The zero-order valence-electron chi connectivity index (χ0n) is 15.3. The van der Waals surface area contributed by atoms with E-state index >= 15 is 0 Å². The van der Waals surface area contributed by atoms with Gasteiger partial charge in [0.05, 0.1) is 5.56 Å². The van der Waals surface area contributed by atoms with Crippen molar-refractivity contribution in [3.05, 3.63) is 72.6 Å². The minimum atomic E-state index is -0.162. The molecule has 1 aromatic rings. The first kappa shape index (κ1) is 19.2. The fraction of sp³-hybridized carbons (Fsp3) is 0.250. The van der Waals surface area contributed by atoms with Gasteiger partial charge in [0.15, 0.2) is 6.20 Å². The van der Waals surface area contributed by atoms with E-state index in [9.17, 15) is 9.59 Å². The molecule has 0 saturated heterocycles. The first-order chi connectivity index (χ1) is 12.5. The molecule has 0 radical (unpaired) electrons. The summed E-state index contributed by atoms with van der Waals surface area (Å²) in [5, 5.41) is 5.56. The maximum absolute atomic E-state index is 12.2. The molecule has 0 aromatic carbocycles. The quantitative estimate of drug-likeness (QED) is 0.566. The monoisotopic (exact) mass is 353 g/mol. The van der Waals surface area contributed by atoms with Gasteiger partial charge in [-0.05, 0) is 6.08 Å². The predicted octanol–water partition coefficient (Wildman–Crippen LogP) is 0.942. The Morgan fingerprint density at radius 3 is 2.54 bits per heavy atom. The van der Waals surface area contributed by atoms with Crippen LogP contribution < -0.4 is 15.2 Å². The second-order valence-electron chi connectivity index (χ2n) is 5.98. The second kappa shape index (κ2) is 8.80. The molecule has 0 atom stereocenters. The maximum atomic E-state index is 12.2. The maximum Gasteiger partial charge on any atom is 0.252 e. The van der Waals surface area contributed by atoms with Crippen LogP contribution in [0.4, 0.5) is 0 Å². The predicted molar refractivity (Wildman–Crippen MR) is 102 cm³/mol. The van der Waals surface area contributed by atoms with E-state index in [2.05, 4.69) is 23.8 Å². The lowest BCUT2D eigenvalue weighted by atomic mass is 10.1. The molecule has 2 amide bonds. The summed E-state index contributed by atoms with van der Waals surface area (Å²) in [4.78, 5) is 26.5. The minimum Gasteiger partial charge on any atom is -0.365 e. The summed E-state index contributed by atoms with van der Waals surface area (Å²) >= 11 is 0. The van der Waals surface area contributed by atoms with Gasteiger partial charge in [-0.15, -0.1) is 13.2 Å². The van der Waals surface area contributed by atoms with Crippen molar-refractivity contribution >= 4 is 17.5 Å². The molecule has 0 saturated carbocycles. The van der Waals surface area contributed by atoms with Crippen LogP contribution in [0.15, 0.2) is 61.4 Å². The molecule has 2 heterocycles. The van der Waals surface area contributed by atoms with Crippen molar-refractivity contribution in [1.29, 1.82) is 0 Å². The van der Waals surface area contributed by atoms with Crippen LogP contribution in [0.3, 0.4) is 0 Å². The topological polar surface area (TPSA) is 65.3 Å². The second-order valence-corrected chi connectivity index (χ2v) is 5.98. The fourth-order valence-electron chi connectivity index (χ4n) is 2.58. The van der Waals surface area contributed by atoms with Crippen LogP contribution >= 0.6 is 0 Å². The molecule has 0 fully saturated rings. The van der Waals surface area contributed by atoms with Crippen LogP contribution in [0, 0.1) is 0 Å². The minimum absolute atomic E-state index is 0.141. The van der Waals surface area contributed by atoms with Crippen molar-refractivity contribution < 1.29 is 14.2 Å². The van der Waals surface area contributed by atoms with Crippen LogP contribution in [0.25, 0.3) is 5.70 Å². The number of hydrogen-bond acceptors (Lipinski definition) is 3. The Balaban J connectivity index is 2.35. The van der Waals surface area contributed by atoms with Gasteiger partial charge in [0.1, 0.15) is 12.7 Å². The molecule has 0 aliphatic carbocycles. The third kappa shape index (κ3) is 4.47. The Morgan fingerprint density at radius 2 is 1.88 bits per heavy atom. The summed E-state index contributed by atoms with van der Waals surface area (Å²) in [5.74, 6) is -0.302. The molecule has 6 nitrogen and oxygen atoms in total. The Hall–Kier alpha value is -3.15. The number of likely N-dealkylation sites (N-methyl/N-ethyl adjacent to an activating group) is 1. The van der Waals surface area contributed by atoms with Crippen molar-refractivity contribution in [2.75, 3.05) is 26.7 Å². The third-order valence-corrected chi connectivity index (χ3v) is 4.04. The normalized spacial score (nSPS) is 13.4. The van der Waals surface area contributed by atoms with E-state index in [1.54, 1.807) is 18.2 Å². The van der Waals surface area contributed by atoms with Crippen LogP contribution in [0.5, 0.6) is 0 Å². The van der Waals surface area contributed by atoms with E-state index in [0.717, 1.165) is 11.4 Å². The Kier molecular flexibility index (Phi) is 6.49. The molecule has 1 aromatic heterocycles. The highest BCUT2D eigenvalue weighted by Crippen LogP contribution is 2.22. The van der Waals surface area contributed by atoms with Gasteiger partial charge in [0.2, 0.25) is 5.69 Å². The van der Waals surface area contributed by atoms with Gasteiger partial charge in [-0.2, -0.15) is 4.57 Å². The number of carbonyl (C=O) groups excluding carboxylic acids is 2. The van der Waals surface area contributed by atoms with E-state index < -0.39 is 0 Å². The van der Waals surface area contributed by atoms with Crippen molar-refractivity contribution in [2.24, 2.45) is 7.05 Å². The fourth-order valence-corrected chi connectivity index (χ4v) is 2.58. The molecule has 0 bridgehead atoms. The number of rotatable bonds is 7. The lowest BCUT2D eigenvalue weighted by molar-refractivity contribution is -0.674. The van der Waals surface area contributed by atoms with Gasteiger partial charge in [-0.1, -0.05) is 18.2 Å². The average molecular weight is 353 g/mol. The summed E-state index contributed by atoms with van der Waals surface area (Å²) in [6.07, 6.45) is 8.83. The molecule has 0 unspecified atom stereocenters. The van der Waals surface area contributed by atoms with Crippen LogP contribution in [-0.4, -0.2) is 43.4 Å². The van der Waals surface area contributed by atoms with Crippen LogP contribution in [0.2, 0.25) is 0 Å². The van der Waals surface area contributed by atoms with Gasteiger partial charge in [-0.3, -0.25) is 9.59 Å². The van der Waals surface area contributed by atoms with Crippen molar-refractivity contribution in [1.82, 2.24) is 15.5 Å². The SMILES string of the molecule is C=CCNC(=O)C1=CCN(C)C(c2cc(C(=O)NCC=C)cc[n+]2C)=C1. The molecule has 136 valence electrons. The largest absolute Gasteiger partial charge is 0.365 e. The zero-order chi connectivity index (χ0) is 19.1. The van der Waals surface area contributed by atoms with E-state index in [1.807, 2.05) is 48.0 Å². The number of nitrogens with one attached hydrogen (secondary N) is 2. The molecule has 1 aliphatic rings. The standard InChI is InChI=1S/C20H24N4O2/c1-5-9-21-19(25)15-7-11-23(3)17(13-15)18-14-16(8-12-24(18)4)20(26)22-10-6-2/h5-8,11,13-14H,1-2,9-10,12H2,3-4H3,(H-,21,22,25,26)/p+1. The van der Waals surface area contributed by atoms with E-state index in [4.69, 9.17) is 0 Å². The summed E-state index contributed by atoms with van der Waals surface area (Å²) in [5.41, 5.74) is 2.88. The number of amides is 2. The first-order valence-electron chi connectivity index (χ1n) is 8.39. The number of aromatic nitrogens is 1. The molecular formula is C20H25N4O2+. The molecular weight excluding hydrogens is 328 g/mol. The summed E-state index contributed by atoms with van der Waals surface area (Å²) in [6.45, 7) is 8.64. The number of pyridine rings is 1. The zero-order valence-corrected chi connectivity index (χ0v) is 15.3. The van der Waals surface area contributed by atoms with E-state index in [1.165, 1.54) is 0 Å². The summed E-state index contributed by atoms with van der Waals surface area (Å²) in [7, 11) is 3.86. The van der Waals surface area contributed by atoms with Gasteiger partial charge in [0.25, 0.3) is 11.8 Å². The van der Waals surface area contributed by atoms with Crippen LogP contribution in [0.1, 0.15) is 16.1 Å². The number of aryl methyl sites for hydroxylation is 1. The highest BCUT2D eigenvalue weighted by atomic mass is 16.2. The number of carbonyl (C=O) groups is 2. The molecule has 26 heavy (non-hydrogen) atoms. The van der Waals surface area contributed by atoms with Gasteiger partial charge < -0.3 is 15.5 Å². The first-order valence-corrected chi connectivity index (χ1v) is 8.39. The molecule has 0 spiro atoms. The average Bonchev–Trinajstić information content (AvgIpc) is 2.65. The van der Waals surface area contributed by atoms with Gasteiger partial charge in [0, 0.05) is 44.4 Å². The van der Waals surface area contributed by atoms with Crippen molar-refractivity contribution in [3.8, 4) is 0 Å². The molecule has 1 aliphatic heterocycles.